The molecular weight excluding hydrogens is 254 g/mol. The van der Waals surface area contributed by atoms with Crippen molar-refractivity contribution in [2.75, 3.05) is 0 Å². The highest BCUT2D eigenvalue weighted by atomic mass is 35.5. The van der Waals surface area contributed by atoms with Crippen molar-refractivity contribution in [1.29, 1.82) is 0 Å². The molecule has 98 valence electrons. The largest absolute Gasteiger partial charge is 0.481 e. The zero-order valence-electron chi connectivity index (χ0n) is 10.3. The number of carbonyl (C=O) groups is 2. The van der Waals surface area contributed by atoms with Crippen LogP contribution in [0.3, 0.4) is 0 Å². The van der Waals surface area contributed by atoms with Gasteiger partial charge in [-0.05, 0) is 11.6 Å². The summed E-state index contributed by atoms with van der Waals surface area (Å²) in [6.45, 7) is 3.41. The van der Waals surface area contributed by atoms with E-state index in [9.17, 15) is 9.59 Å². The topological polar surface area (TPSA) is 66.4 Å². The quantitative estimate of drug-likeness (QED) is 0.862. The van der Waals surface area contributed by atoms with Crippen molar-refractivity contribution in [3.63, 3.8) is 0 Å². The third kappa shape index (κ3) is 3.74. The van der Waals surface area contributed by atoms with E-state index in [0.29, 0.717) is 11.6 Å². The molecule has 0 saturated heterocycles. The number of nitrogens with one attached hydrogen (secondary N) is 1. The number of rotatable bonds is 5. The van der Waals surface area contributed by atoms with E-state index in [2.05, 4.69) is 5.32 Å². The molecule has 2 N–H and O–H groups in total. The molecule has 1 rings (SSSR count). The highest BCUT2D eigenvalue weighted by molar-refractivity contribution is 6.31. The molecule has 1 amide bonds. The Kier molecular flexibility index (Phi) is 5.16. The van der Waals surface area contributed by atoms with Gasteiger partial charge in [-0.1, -0.05) is 43.6 Å². The highest BCUT2D eigenvalue weighted by Crippen LogP contribution is 2.15. The predicted octanol–water partition coefficient (Wildman–Crippen LogP) is 2.31. The number of hydrogen-bond acceptors (Lipinski definition) is 2. The second-order valence-electron chi connectivity index (χ2n) is 4.22. The number of carboxylic acid groups (broad SMARTS) is 1. The molecule has 1 aromatic rings. The summed E-state index contributed by atoms with van der Waals surface area (Å²) in [7, 11) is 0. The fourth-order valence-corrected chi connectivity index (χ4v) is 1.63. The van der Waals surface area contributed by atoms with Crippen molar-refractivity contribution in [3.8, 4) is 0 Å². The van der Waals surface area contributed by atoms with Crippen LogP contribution in [-0.2, 0) is 16.1 Å². The first-order valence-corrected chi connectivity index (χ1v) is 6.05. The Morgan fingerprint density at radius 1 is 1.28 bits per heavy atom. The van der Waals surface area contributed by atoms with Gasteiger partial charge in [-0.25, -0.2) is 0 Å². The molecule has 0 heterocycles. The second kappa shape index (κ2) is 6.40. The van der Waals surface area contributed by atoms with Crippen LogP contribution in [0.25, 0.3) is 0 Å². The Morgan fingerprint density at radius 2 is 1.89 bits per heavy atom. The van der Waals surface area contributed by atoms with E-state index in [-0.39, 0.29) is 5.91 Å². The van der Waals surface area contributed by atoms with Gasteiger partial charge in [0.2, 0.25) is 5.91 Å². The minimum atomic E-state index is -0.976. The van der Waals surface area contributed by atoms with Crippen molar-refractivity contribution in [2.24, 2.45) is 11.8 Å². The Morgan fingerprint density at radius 3 is 2.44 bits per heavy atom. The summed E-state index contributed by atoms with van der Waals surface area (Å²) >= 11 is 5.95. The molecule has 0 spiro atoms. The van der Waals surface area contributed by atoms with Crippen LogP contribution < -0.4 is 5.32 Å². The van der Waals surface area contributed by atoms with Gasteiger partial charge in [0.05, 0.1) is 5.92 Å². The molecule has 2 atom stereocenters. The van der Waals surface area contributed by atoms with Crippen molar-refractivity contribution >= 4 is 23.5 Å². The van der Waals surface area contributed by atoms with E-state index < -0.39 is 17.8 Å². The average Bonchev–Trinajstić information content (AvgIpc) is 2.35. The SMILES string of the molecule is CC(C(=O)O)C(C)C(=O)NCc1ccccc1Cl. The maximum atomic E-state index is 11.8. The zero-order chi connectivity index (χ0) is 13.7. The van der Waals surface area contributed by atoms with Gasteiger partial charge in [-0.15, -0.1) is 0 Å². The van der Waals surface area contributed by atoms with Crippen LogP contribution in [0.2, 0.25) is 5.02 Å². The van der Waals surface area contributed by atoms with Crippen LogP contribution in [0, 0.1) is 11.8 Å². The maximum Gasteiger partial charge on any atom is 0.307 e. The molecule has 2 unspecified atom stereocenters. The van der Waals surface area contributed by atoms with Crippen LogP contribution in [-0.4, -0.2) is 17.0 Å². The van der Waals surface area contributed by atoms with Gasteiger partial charge < -0.3 is 10.4 Å². The third-order valence-corrected chi connectivity index (χ3v) is 3.33. The molecule has 0 fully saturated rings. The van der Waals surface area contributed by atoms with Gasteiger partial charge in [-0.3, -0.25) is 9.59 Å². The molecule has 0 aliphatic carbocycles. The monoisotopic (exact) mass is 269 g/mol. The Hall–Kier alpha value is -1.55. The minimum Gasteiger partial charge on any atom is -0.481 e. The minimum absolute atomic E-state index is 0.287. The molecule has 0 aliphatic rings. The number of amides is 1. The third-order valence-electron chi connectivity index (χ3n) is 2.96. The maximum absolute atomic E-state index is 11.8. The summed E-state index contributed by atoms with van der Waals surface area (Å²) in [6, 6.07) is 7.19. The number of hydrogen-bond donors (Lipinski definition) is 2. The van der Waals surface area contributed by atoms with E-state index >= 15 is 0 Å². The van der Waals surface area contributed by atoms with E-state index in [1.807, 2.05) is 18.2 Å². The summed E-state index contributed by atoms with van der Waals surface area (Å²) in [4.78, 5) is 22.5. The predicted molar refractivity (Wildman–Crippen MR) is 69.3 cm³/mol. The molecule has 0 aromatic heterocycles. The van der Waals surface area contributed by atoms with Crippen LogP contribution >= 0.6 is 11.6 Å². The first-order valence-electron chi connectivity index (χ1n) is 5.67. The molecule has 0 bridgehead atoms. The van der Waals surface area contributed by atoms with E-state index in [1.54, 1.807) is 13.0 Å². The lowest BCUT2D eigenvalue weighted by atomic mass is 9.95. The fraction of sp³-hybridized carbons (Fsp3) is 0.385. The lowest BCUT2D eigenvalue weighted by Gasteiger charge is -2.16. The van der Waals surface area contributed by atoms with Gasteiger partial charge >= 0.3 is 5.97 Å². The fourth-order valence-electron chi connectivity index (χ4n) is 1.43. The summed E-state index contributed by atoms with van der Waals surface area (Å²) in [5, 5.41) is 12.1. The first kappa shape index (κ1) is 14.5. The molecule has 18 heavy (non-hydrogen) atoms. The molecular formula is C13H16ClNO3. The van der Waals surface area contributed by atoms with Crippen molar-refractivity contribution in [2.45, 2.75) is 20.4 Å². The smallest absolute Gasteiger partial charge is 0.307 e. The highest BCUT2D eigenvalue weighted by Gasteiger charge is 2.25. The van der Waals surface area contributed by atoms with Crippen LogP contribution in [0.5, 0.6) is 0 Å². The number of carbonyl (C=O) groups excluding carboxylic acids is 1. The van der Waals surface area contributed by atoms with Crippen molar-refractivity contribution in [1.82, 2.24) is 5.32 Å². The second-order valence-corrected chi connectivity index (χ2v) is 4.63. The van der Waals surface area contributed by atoms with E-state index in [4.69, 9.17) is 16.7 Å². The number of halogens is 1. The van der Waals surface area contributed by atoms with E-state index in [1.165, 1.54) is 6.92 Å². The normalized spacial score (nSPS) is 13.7. The van der Waals surface area contributed by atoms with Crippen molar-refractivity contribution < 1.29 is 14.7 Å². The molecule has 1 aromatic carbocycles. The summed E-state index contributed by atoms with van der Waals surface area (Å²) in [5.41, 5.74) is 0.808. The first-order chi connectivity index (χ1) is 8.43. The van der Waals surface area contributed by atoms with Gasteiger partial charge in [0.1, 0.15) is 0 Å². The molecule has 4 nitrogen and oxygen atoms in total. The Bertz CT molecular complexity index is 448. The number of carboxylic acids is 1. The van der Waals surface area contributed by atoms with Gasteiger partial charge in [-0.2, -0.15) is 0 Å². The molecule has 0 saturated carbocycles. The Balaban J connectivity index is 2.56. The van der Waals surface area contributed by atoms with Crippen LogP contribution in [0.1, 0.15) is 19.4 Å². The van der Waals surface area contributed by atoms with Crippen LogP contribution in [0.4, 0.5) is 0 Å². The molecule has 0 aliphatic heterocycles. The van der Waals surface area contributed by atoms with Gasteiger partial charge in [0.15, 0.2) is 0 Å². The van der Waals surface area contributed by atoms with E-state index in [0.717, 1.165) is 5.56 Å². The van der Waals surface area contributed by atoms with Crippen molar-refractivity contribution in [3.05, 3.63) is 34.9 Å². The summed E-state index contributed by atoms with van der Waals surface area (Å²) in [5.74, 6) is -2.55. The molecule has 5 heteroatoms. The Labute approximate surface area is 111 Å². The average molecular weight is 270 g/mol. The number of aliphatic carboxylic acids is 1. The summed E-state index contributed by atoms with van der Waals surface area (Å²) < 4.78 is 0. The lowest BCUT2D eigenvalue weighted by Crippen LogP contribution is -2.34. The molecule has 0 radical (unpaired) electrons. The lowest BCUT2D eigenvalue weighted by molar-refractivity contribution is -0.146. The standard InChI is InChI=1S/C13H16ClNO3/c1-8(9(2)13(17)18)12(16)15-7-10-5-3-4-6-11(10)14/h3-6,8-9H,7H2,1-2H3,(H,15,16)(H,17,18). The van der Waals surface area contributed by atoms with Gasteiger partial charge in [0, 0.05) is 17.5 Å². The van der Waals surface area contributed by atoms with Crippen LogP contribution in [0.15, 0.2) is 24.3 Å². The van der Waals surface area contributed by atoms with Gasteiger partial charge in [0.25, 0.3) is 0 Å². The summed E-state index contributed by atoms with van der Waals surface area (Å²) in [6.07, 6.45) is 0. The number of benzene rings is 1. The zero-order valence-corrected chi connectivity index (χ0v) is 11.1.